The van der Waals surface area contributed by atoms with Crippen LogP contribution in [0.25, 0.3) is 0 Å². The molecule has 2 amide bonds. The van der Waals surface area contributed by atoms with Crippen LogP contribution in [-0.2, 0) is 9.59 Å². The molecule has 2 aliphatic rings. The molecule has 138 valence electrons. The summed E-state index contributed by atoms with van der Waals surface area (Å²) in [7, 11) is 0. The fourth-order valence-electron chi connectivity index (χ4n) is 3.62. The first-order chi connectivity index (χ1) is 13.0. The molecule has 7 heteroatoms. The van der Waals surface area contributed by atoms with E-state index in [1.54, 1.807) is 0 Å². The van der Waals surface area contributed by atoms with E-state index in [1.165, 1.54) is 9.91 Å². The van der Waals surface area contributed by atoms with Gasteiger partial charge in [-0.05, 0) is 56.2 Å². The first kappa shape index (κ1) is 17.2. The zero-order valence-electron chi connectivity index (χ0n) is 15.4. The van der Waals surface area contributed by atoms with E-state index in [2.05, 4.69) is 10.3 Å². The second-order valence-electron chi connectivity index (χ2n) is 6.70. The van der Waals surface area contributed by atoms with Crippen LogP contribution in [0, 0.1) is 13.8 Å². The van der Waals surface area contributed by atoms with Crippen molar-refractivity contribution in [2.45, 2.75) is 32.9 Å². The molecule has 0 unspecified atom stereocenters. The molecule has 1 saturated heterocycles. The van der Waals surface area contributed by atoms with Gasteiger partial charge in [0.1, 0.15) is 11.4 Å². The first-order valence-electron chi connectivity index (χ1n) is 8.89. The zero-order chi connectivity index (χ0) is 19.1. The van der Waals surface area contributed by atoms with Crippen LogP contribution in [-0.4, -0.2) is 30.5 Å². The number of rotatable bonds is 4. The third kappa shape index (κ3) is 2.75. The lowest BCUT2D eigenvalue weighted by atomic mass is 10.1. The summed E-state index contributed by atoms with van der Waals surface area (Å²) < 4.78 is 5.65. The Morgan fingerprint density at radius 1 is 1.04 bits per heavy atom. The molecule has 0 N–H and O–H groups in total. The fourth-order valence-corrected chi connectivity index (χ4v) is 3.62. The minimum Gasteiger partial charge on any atom is -0.492 e. The average molecular weight is 364 g/mol. The van der Waals surface area contributed by atoms with Gasteiger partial charge in [-0.3, -0.25) is 9.59 Å². The smallest absolute Gasteiger partial charge is 0.263 e. The van der Waals surface area contributed by atoms with Gasteiger partial charge in [0.15, 0.2) is 12.1 Å². The van der Waals surface area contributed by atoms with Gasteiger partial charge in [0.25, 0.3) is 11.8 Å². The summed E-state index contributed by atoms with van der Waals surface area (Å²) in [5.74, 6) is -0.0776. The van der Waals surface area contributed by atoms with Crippen molar-refractivity contribution in [3.63, 3.8) is 0 Å². The van der Waals surface area contributed by atoms with Crippen LogP contribution in [0.4, 0.5) is 11.4 Å². The molecule has 7 nitrogen and oxygen atoms in total. The van der Waals surface area contributed by atoms with Gasteiger partial charge >= 0.3 is 0 Å². The maximum absolute atomic E-state index is 13.2. The van der Waals surface area contributed by atoms with E-state index in [0.29, 0.717) is 23.7 Å². The Labute approximate surface area is 157 Å². The highest BCUT2D eigenvalue weighted by atomic mass is 16.5. The highest BCUT2D eigenvalue weighted by Crippen LogP contribution is 2.38. The van der Waals surface area contributed by atoms with E-state index in [4.69, 9.17) is 4.74 Å². The number of hydrogen-bond acceptors (Lipinski definition) is 6. The van der Waals surface area contributed by atoms with Crippen LogP contribution >= 0.6 is 0 Å². The molecule has 2 heterocycles. The van der Waals surface area contributed by atoms with E-state index in [0.717, 1.165) is 11.1 Å². The van der Waals surface area contributed by atoms with Crippen LogP contribution in [0.5, 0.6) is 5.75 Å². The van der Waals surface area contributed by atoms with Crippen molar-refractivity contribution in [2.24, 2.45) is 10.3 Å². The van der Waals surface area contributed by atoms with Gasteiger partial charge in [-0.15, -0.1) is 0 Å². The topological polar surface area (TPSA) is 74.6 Å². The summed E-state index contributed by atoms with van der Waals surface area (Å²) >= 11 is 0. The number of aryl methyl sites for hydroxylation is 2. The second-order valence-corrected chi connectivity index (χ2v) is 6.70. The predicted octanol–water partition coefficient (Wildman–Crippen LogP) is 3.20. The summed E-state index contributed by atoms with van der Waals surface area (Å²) in [5.41, 5.74) is 3.18. The lowest BCUT2D eigenvalue weighted by molar-refractivity contribution is -0.121. The van der Waals surface area contributed by atoms with Crippen LogP contribution in [0.3, 0.4) is 0 Å². The normalized spacial score (nSPS) is 21.1. The molecular weight excluding hydrogens is 344 g/mol. The third-order valence-corrected chi connectivity index (χ3v) is 4.66. The standard InChI is InChI=1S/C20H20N4O3/c1-4-27-16-8-6-5-7-15(16)24-18-17(21-22-24)19(25)23(20(18)26)14-10-12(2)9-13(3)11-14/h5-11,17-18H,4H2,1-3H3/t17-,18-/m1/s1. The Morgan fingerprint density at radius 3 is 2.44 bits per heavy atom. The van der Waals surface area contributed by atoms with Crippen molar-refractivity contribution in [3.05, 3.63) is 53.6 Å². The first-order valence-corrected chi connectivity index (χ1v) is 8.89. The number of ether oxygens (including phenoxy) is 1. The molecule has 0 saturated carbocycles. The van der Waals surface area contributed by atoms with Crippen molar-refractivity contribution in [3.8, 4) is 5.75 Å². The van der Waals surface area contributed by atoms with Gasteiger partial charge < -0.3 is 4.74 Å². The molecular formula is C20H20N4O3. The van der Waals surface area contributed by atoms with Gasteiger partial charge in [-0.2, -0.15) is 5.11 Å². The van der Waals surface area contributed by atoms with Crippen LogP contribution < -0.4 is 14.6 Å². The van der Waals surface area contributed by atoms with E-state index >= 15 is 0 Å². The van der Waals surface area contributed by atoms with Gasteiger partial charge in [0, 0.05) is 0 Å². The molecule has 0 bridgehead atoms. The van der Waals surface area contributed by atoms with Crippen molar-refractivity contribution < 1.29 is 14.3 Å². The van der Waals surface area contributed by atoms with E-state index in [9.17, 15) is 9.59 Å². The second kappa shape index (κ2) is 6.50. The third-order valence-electron chi connectivity index (χ3n) is 4.66. The van der Waals surface area contributed by atoms with Crippen molar-refractivity contribution in [1.82, 2.24) is 0 Å². The molecule has 2 aliphatic heterocycles. The minimum atomic E-state index is -0.840. The number of carbonyl (C=O) groups excluding carboxylic acids is 2. The highest BCUT2D eigenvalue weighted by molar-refractivity contribution is 6.26. The van der Waals surface area contributed by atoms with Crippen LogP contribution in [0.2, 0.25) is 0 Å². The number of amides is 2. The van der Waals surface area contributed by atoms with E-state index in [1.807, 2.05) is 63.2 Å². The number of para-hydroxylation sites is 2. The van der Waals surface area contributed by atoms with Gasteiger partial charge in [-0.1, -0.05) is 23.4 Å². The summed E-state index contributed by atoms with van der Waals surface area (Å²) in [6.07, 6.45) is 0. The average Bonchev–Trinajstić information content (AvgIpc) is 3.15. The molecule has 2 aromatic carbocycles. The molecule has 1 fully saturated rings. The minimum absolute atomic E-state index is 0.327. The number of benzene rings is 2. The molecule has 4 rings (SSSR count). The van der Waals surface area contributed by atoms with E-state index in [-0.39, 0.29) is 11.8 Å². The Hall–Kier alpha value is -3.22. The Morgan fingerprint density at radius 2 is 1.74 bits per heavy atom. The van der Waals surface area contributed by atoms with Crippen molar-refractivity contribution in [1.29, 1.82) is 0 Å². The Bertz CT molecular complexity index is 936. The summed E-state index contributed by atoms with van der Waals surface area (Å²) in [4.78, 5) is 27.3. The van der Waals surface area contributed by atoms with E-state index < -0.39 is 12.1 Å². The molecule has 2 atom stereocenters. The van der Waals surface area contributed by atoms with Gasteiger partial charge in [0.2, 0.25) is 0 Å². The summed E-state index contributed by atoms with van der Waals surface area (Å²) in [6, 6.07) is 11.3. The zero-order valence-corrected chi connectivity index (χ0v) is 15.4. The fraction of sp³-hybridized carbons (Fsp3) is 0.300. The van der Waals surface area contributed by atoms with Crippen LogP contribution in [0.15, 0.2) is 52.8 Å². The molecule has 2 aromatic rings. The quantitative estimate of drug-likeness (QED) is 0.781. The van der Waals surface area contributed by atoms with Gasteiger partial charge in [0.05, 0.1) is 12.3 Å². The number of anilines is 2. The predicted molar refractivity (Wildman–Crippen MR) is 101 cm³/mol. The van der Waals surface area contributed by atoms with Gasteiger partial charge in [-0.25, -0.2) is 9.91 Å². The maximum Gasteiger partial charge on any atom is 0.263 e. The Balaban J connectivity index is 1.72. The molecule has 0 radical (unpaired) electrons. The summed E-state index contributed by atoms with van der Waals surface area (Å²) in [6.45, 7) is 6.24. The summed E-state index contributed by atoms with van der Waals surface area (Å²) in [5, 5.41) is 9.70. The van der Waals surface area contributed by atoms with Crippen molar-refractivity contribution in [2.75, 3.05) is 16.5 Å². The molecule has 0 aliphatic carbocycles. The molecule has 0 spiro atoms. The SMILES string of the molecule is CCOc1ccccc1N1N=N[C@H]2C(=O)N(c3cc(C)cc(C)c3)C(=O)[C@@H]21. The molecule has 27 heavy (non-hydrogen) atoms. The van der Waals surface area contributed by atoms with Crippen molar-refractivity contribution >= 4 is 23.2 Å². The number of fused-ring (bicyclic) bond motifs is 1. The number of imide groups is 1. The lowest BCUT2D eigenvalue weighted by Gasteiger charge is -2.22. The number of carbonyl (C=O) groups is 2. The largest absolute Gasteiger partial charge is 0.492 e. The lowest BCUT2D eigenvalue weighted by Crippen LogP contribution is -2.40. The number of nitrogens with zero attached hydrogens (tertiary/aromatic N) is 4. The highest BCUT2D eigenvalue weighted by Gasteiger charge is 2.55. The number of hydrogen-bond donors (Lipinski definition) is 0. The molecule has 0 aromatic heterocycles. The Kier molecular flexibility index (Phi) is 4.14. The monoisotopic (exact) mass is 364 g/mol. The van der Waals surface area contributed by atoms with Crippen LogP contribution in [0.1, 0.15) is 18.1 Å². The maximum atomic E-state index is 13.2.